The third-order valence-corrected chi connectivity index (χ3v) is 5.72. The summed E-state index contributed by atoms with van der Waals surface area (Å²) < 4.78 is 5.27. The number of amides is 1. The van der Waals surface area contributed by atoms with E-state index >= 15 is 0 Å². The van der Waals surface area contributed by atoms with Gasteiger partial charge in [0.15, 0.2) is 16.6 Å². The van der Waals surface area contributed by atoms with Gasteiger partial charge < -0.3 is 15.2 Å². The highest BCUT2D eigenvalue weighted by molar-refractivity contribution is 7.14. The monoisotopic (exact) mass is 464 g/mol. The molecule has 0 aliphatic carbocycles. The average molecular weight is 466 g/mol. The molecule has 2 N–H and O–H groups in total. The Bertz CT molecular complexity index is 1150. The van der Waals surface area contributed by atoms with Crippen LogP contribution in [0.4, 0.5) is 16.5 Å². The van der Waals surface area contributed by atoms with Crippen LogP contribution >= 0.6 is 46.1 Å². The Balaban J connectivity index is 1.48. The second-order valence-electron chi connectivity index (χ2n) is 5.81. The Morgan fingerprint density at radius 3 is 2.45 bits per heavy atom. The van der Waals surface area contributed by atoms with Crippen LogP contribution in [0.5, 0.6) is 0 Å². The number of nitrogens with zero attached hydrogens (tertiary/aromatic N) is 2. The second kappa shape index (κ2) is 8.42. The molecule has 1 amide bonds. The van der Waals surface area contributed by atoms with Crippen molar-refractivity contribution in [2.75, 3.05) is 10.6 Å². The minimum Gasteiger partial charge on any atom is -0.354 e. The highest BCUT2D eigenvalue weighted by Gasteiger charge is 2.16. The number of carbonyl (C=O) groups is 1. The van der Waals surface area contributed by atoms with E-state index in [9.17, 15) is 4.79 Å². The SMILES string of the molecule is O=C(Nc1ccccc1)c1cc(-c2csc(Nc3cc(Cl)c(Cl)c(Cl)c3)n2)on1. The number of nitrogens with one attached hydrogen (secondary N) is 2. The third-order valence-electron chi connectivity index (χ3n) is 3.77. The highest BCUT2D eigenvalue weighted by Crippen LogP contribution is 2.35. The van der Waals surface area contributed by atoms with E-state index in [0.717, 1.165) is 0 Å². The number of hydrogen-bond donors (Lipinski definition) is 2. The van der Waals surface area contributed by atoms with E-state index in [-0.39, 0.29) is 11.6 Å². The van der Waals surface area contributed by atoms with Crippen molar-refractivity contribution in [1.82, 2.24) is 10.1 Å². The number of rotatable bonds is 5. The van der Waals surface area contributed by atoms with Gasteiger partial charge >= 0.3 is 0 Å². The average Bonchev–Trinajstić information content (AvgIpc) is 3.36. The first-order valence-electron chi connectivity index (χ1n) is 8.20. The van der Waals surface area contributed by atoms with Crippen LogP contribution in [-0.4, -0.2) is 16.0 Å². The van der Waals surface area contributed by atoms with Gasteiger partial charge in [0.05, 0.1) is 15.1 Å². The molecule has 2 aromatic carbocycles. The molecule has 0 bridgehead atoms. The molecule has 0 aliphatic heterocycles. The number of thiazole rings is 1. The van der Waals surface area contributed by atoms with Gasteiger partial charge in [-0.2, -0.15) is 0 Å². The van der Waals surface area contributed by atoms with Gasteiger partial charge in [0.1, 0.15) is 5.69 Å². The lowest BCUT2D eigenvalue weighted by Gasteiger charge is -2.05. The van der Waals surface area contributed by atoms with Crippen molar-refractivity contribution >= 4 is 68.6 Å². The molecule has 2 heterocycles. The van der Waals surface area contributed by atoms with Crippen molar-refractivity contribution in [3.05, 3.63) is 74.7 Å². The zero-order valence-electron chi connectivity index (χ0n) is 14.4. The van der Waals surface area contributed by atoms with Gasteiger partial charge in [-0.1, -0.05) is 58.2 Å². The van der Waals surface area contributed by atoms with Crippen molar-refractivity contribution < 1.29 is 9.32 Å². The van der Waals surface area contributed by atoms with Crippen LogP contribution in [0.2, 0.25) is 15.1 Å². The van der Waals surface area contributed by atoms with Crippen LogP contribution in [0, 0.1) is 0 Å². The summed E-state index contributed by atoms with van der Waals surface area (Å²) in [6, 6.07) is 13.9. The third kappa shape index (κ3) is 4.54. The number of benzene rings is 2. The molecule has 0 saturated heterocycles. The molecule has 2 aromatic heterocycles. The fourth-order valence-electron chi connectivity index (χ4n) is 2.42. The van der Waals surface area contributed by atoms with Crippen LogP contribution in [0.3, 0.4) is 0 Å². The number of hydrogen-bond acceptors (Lipinski definition) is 6. The van der Waals surface area contributed by atoms with E-state index in [2.05, 4.69) is 20.8 Å². The first-order chi connectivity index (χ1) is 14.0. The summed E-state index contributed by atoms with van der Waals surface area (Å²) in [4.78, 5) is 16.7. The van der Waals surface area contributed by atoms with E-state index in [4.69, 9.17) is 39.3 Å². The maximum absolute atomic E-state index is 12.3. The van der Waals surface area contributed by atoms with E-state index < -0.39 is 0 Å². The van der Waals surface area contributed by atoms with E-state index in [1.807, 2.05) is 18.2 Å². The Morgan fingerprint density at radius 2 is 1.72 bits per heavy atom. The number of halogens is 3. The number of anilines is 3. The maximum Gasteiger partial charge on any atom is 0.277 e. The first-order valence-corrected chi connectivity index (χ1v) is 10.2. The summed E-state index contributed by atoms with van der Waals surface area (Å²) in [5.41, 5.74) is 2.01. The minimum atomic E-state index is -0.370. The summed E-state index contributed by atoms with van der Waals surface area (Å²) in [6.07, 6.45) is 0. The second-order valence-corrected chi connectivity index (χ2v) is 7.86. The standard InChI is InChI=1S/C19H11Cl3N4O2S/c20-12-6-11(7-13(21)17(12)22)24-19-25-15(9-29-19)16-8-14(26-28-16)18(27)23-10-4-2-1-3-5-10/h1-9H,(H,23,27)(H,24,25). The smallest absolute Gasteiger partial charge is 0.277 e. The van der Waals surface area contributed by atoms with Crippen molar-refractivity contribution in [3.63, 3.8) is 0 Å². The number of carbonyl (C=O) groups excluding carboxylic acids is 1. The van der Waals surface area contributed by atoms with E-state index in [1.54, 1.807) is 29.6 Å². The number of aromatic nitrogens is 2. The lowest BCUT2D eigenvalue weighted by molar-refractivity contribution is 0.101. The predicted molar refractivity (Wildman–Crippen MR) is 117 cm³/mol. The van der Waals surface area contributed by atoms with Crippen LogP contribution in [0.25, 0.3) is 11.5 Å². The molecule has 0 aliphatic rings. The van der Waals surface area contributed by atoms with Crippen LogP contribution in [0.1, 0.15) is 10.5 Å². The minimum absolute atomic E-state index is 0.155. The van der Waals surface area contributed by atoms with Gasteiger partial charge in [0, 0.05) is 22.8 Å². The Labute approximate surface area is 184 Å². The van der Waals surface area contributed by atoms with Gasteiger partial charge in [-0.15, -0.1) is 11.3 Å². The zero-order chi connectivity index (χ0) is 20.4. The fourth-order valence-corrected chi connectivity index (χ4v) is 3.73. The summed E-state index contributed by atoms with van der Waals surface area (Å²) in [6.45, 7) is 0. The first kappa shape index (κ1) is 19.7. The molecule has 4 rings (SSSR count). The molecule has 0 fully saturated rings. The Morgan fingerprint density at radius 1 is 1.00 bits per heavy atom. The zero-order valence-corrected chi connectivity index (χ0v) is 17.5. The largest absolute Gasteiger partial charge is 0.354 e. The molecule has 4 aromatic rings. The lowest BCUT2D eigenvalue weighted by atomic mass is 10.3. The van der Waals surface area contributed by atoms with Gasteiger partial charge in [-0.3, -0.25) is 4.79 Å². The summed E-state index contributed by atoms with van der Waals surface area (Å²) >= 11 is 19.4. The van der Waals surface area contributed by atoms with Crippen LogP contribution in [-0.2, 0) is 0 Å². The Kier molecular flexibility index (Phi) is 5.73. The fraction of sp³-hybridized carbons (Fsp3) is 0. The molecule has 0 unspecified atom stereocenters. The van der Waals surface area contributed by atoms with Crippen LogP contribution < -0.4 is 10.6 Å². The summed E-state index contributed by atoms with van der Waals surface area (Å²) in [5.74, 6) is 0.00455. The van der Waals surface area contributed by atoms with E-state index in [1.165, 1.54) is 17.4 Å². The quantitative estimate of drug-likeness (QED) is 0.318. The van der Waals surface area contributed by atoms with Crippen molar-refractivity contribution in [2.45, 2.75) is 0 Å². The predicted octanol–water partition coefficient (Wildman–Crippen LogP) is 6.75. The molecule has 0 saturated carbocycles. The van der Waals surface area contributed by atoms with Gasteiger partial charge in [-0.05, 0) is 24.3 Å². The normalized spacial score (nSPS) is 10.7. The molecule has 10 heteroatoms. The van der Waals surface area contributed by atoms with Gasteiger partial charge in [0.2, 0.25) is 0 Å². The maximum atomic E-state index is 12.3. The van der Waals surface area contributed by atoms with Gasteiger partial charge in [-0.25, -0.2) is 4.98 Å². The molecule has 6 nitrogen and oxygen atoms in total. The lowest BCUT2D eigenvalue weighted by Crippen LogP contribution is -2.11. The van der Waals surface area contributed by atoms with E-state index in [0.29, 0.717) is 43.0 Å². The Hall–Kier alpha value is -2.58. The van der Waals surface area contributed by atoms with Crippen molar-refractivity contribution in [3.8, 4) is 11.5 Å². The molecule has 0 spiro atoms. The molecular weight excluding hydrogens is 455 g/mol. The van der Waals surface area contributed by atoms with Crippen molar-refractivity contribution in [2.24, 2.45) is 0 Å². The molecular formula is C19H11Cl3N4O2S. The van der Waals surface area contributed by atoms with Gasteiger partial charge in [0.25, 0.3) is 5.91 Å². The number of para-hydroxylation sites is 1. The molecule has 29 heavy (non-hydrogen) atoms. The topological polar surface area (TPSA) is 80.0 Å². The summed E-state index contributed by atoms with van der Waals surface area (Å²) in [5, 5.41) is 13.0. The molecule has 146 valence electrons. The molecule has 0 radical (unpaired) electrons. The molecule has 0 atom stereocenters. The van der Waals surface area contributed by atoms with Crippen LogP contribution in [0.15, 0.2) is 58.4 Å². The van der Waals surface area contributed by atoms with Crippen molar-refractivity contribution in [1.29, 1.82) is 0 Å². The highest BCUT2D eigenvalue weighted by atomic mass is 35.5. The summed E-state index contributed by atoms with van der Waals surface area (Å²) in [7, 11) is 0.